The van der Waals surface area contributed by atoms with Crippen LogP contribution in [0.2, 0.25) is 0 Å². The van der Waals surface area contributed by atoms with E-state index in [-0.39, 0.29) is 11.8 Å². The average Bonchev–Trinajstić information content (AvgIpc) is 2.54. The van der Waals surface area contributed by atoms with Crippen LogP contribution in [0, 0.1) is 11.7 Å². The summed E-state index contributed by atoms with van der Waals surface area (Å²) < 4.78 is 24.3. The van der Waals surface area contributed by atoms with Crippen LogP contribution in [0.1, 0.15) is 46.5 Å². The molecule has 1 fully saturated rings. The Kier molecular flexibility index (Phi) is 6.51. The third-order valence-corrected chi connectivity index (χ3v) is 4.26. The highest BCUT2D eigenvalue weighted by Gasteiger charge is 2.26. The molecule has 1 saturated heterocycles. The number of likely N-dealkylation sites (tertiary alicyclic amines) is 1. The molecule has 1 amide bonds. The predicted octanol–water partition coefficient (Wildman–Crippen LogP) is 4.21. The summed E-state index contributed by atoms with van der Waals surface area (Å²) in [7, 11) is 0. The zero-order valence-corrected chi connectivity index (χ0v) is 15.4. The number of benzene rings is 1. The summed E-state index contributed by atoms with van der Waals surface area (Å²) in [6.45, 7) is 7.67. The van der Waals surface area contributed by atoms with Crippen LogP contribution in [0.3, 0.4) is 0 Å². The zero-order valence-electron chi connectivity index (χ0n) is 15.4. The van der Waals surface area contributed by atoms with Gasteiger partial charge in [0.15, 0.2) is 0 Å². The van der Waals surface area contributed by atoms with Gasteiger partial charge in [0.05, 0.1) is 12.3 Å². The minimum absolute atomic E-state index is 0.129. The second-order valence-corrected chi connectivity index (χ2v) is 7.58. The van der Waals surface area contributed by atoms with Gasteiger partial charge in [0, 0.05) is 19.2 Å². The van der Waals surface area contributed by atoms with Crippen molar-refractivity contribution in [2.45, 2.75) is 52.1 Å². The fourth-order valence-electron chi connectivity index (χ4n) is 2.89. The summed E-state index contributed by atoms with van der Waals surface area (Å²) in [5, 5.41) is 0. The molecule has 25 heavy (non-hydrogen) atoms. The molecular formula is C19H29FN2O3. The average molecular weight is 352 g/mol. The number of nitrogen functional groups attached to an aromatic ring is 1. The highest BCUT2D eigenvalue weighted by atomic mass is 19.1. The molecule has 1 aliphatic heterocycles. The molecule has 0 aliphatic carbocycles. The lowest BCUT2D eigenvalue weighted by Crippen LogP contribution is -2.41. The van der Waals surface area contributed by atoms with Gasteiger partial charge in [0.25, 0.3) is 0 Å². The number of rotatable bonds is 5. The Morgan fingerprint density at radius 3 is 2.60 bits per heavy atom. The summed E-state index contributed by atoms with van der Waals surface area (Å²) in [5.74, 6) is 0.643. The van der Waals surface area contributed by atoms with Gasteiger partial charge < -0.3 is 20.1 Å². The predicted molar refractivity (Wildman–Crippen MR) is 96.1 cm³/mol. The van der Waals surface area contributed by atoms with Crippen LogP contribution in [0.15, 0.2) is 18.2 Å². The van der Waals surface area contributed by atoms with Gasteiger partial charge in [-0.15, -0.1) is 0 Å². The van der Waals surface area contributed by atoms with Crippen LogP contribution in [0.5, 0.6) is 5.75 Å². The normalized spacial score (nSPS) is 15.9. The minimum atomic E-state index is -0.452. The Labute approximate surface area is 149 Å². The number of hydrogen-bond acceptors (Lipinski definition) is 4. The topological polar surface area (TPSA) is 64.8 Å². The maximum Gasteiger partial charge on any atom is 0.410 e. The van der Waals surface area contributed by atoms with Crippen molar-refractivity contribution in [2.24, 2.45) is 5.92 Å². The minimum Gasteiger partial charge on any atom is -0.493 e. The van der Waals surface area contributed by atoms with E-state index in [9.17, 15) is 9.18 Å². The van der Waals surface area contributed by atoms with Gasteiger partial charge in [0.1, 0.15) is 17.2 Å². The molecule has 0 unspecified atom stereocenters. The number of piperidine rings is 1. The summed E-state index contributed by atoms with van der Waals surface area (Å²) >= 11 is 0. The van der Waals surface area contributed by atoms with E-state index in [0.717, 1.165) is 38.8 Å². The summed E-state index contributed by atoms with van der Waals surface area (Å²) in [4.78, 5) is 13.8. The first-order valence-electron chi connectivity index (χ1n) is 8.90. The van der Waals surface area contributed by atoms with Gasteiger partial charge in [0.2, 0.25) is 0 Å². The van der Waals surface area contributed by atoms with E-state index in [0.29, 0.717) is 18.3 Å². The van der Waals surface area contributed by atoms with Crippen molar-refractivity contribution in [1.29, 1.82) is 0 Å². The van der Waals surface area contributed by atoms with Crippen molar-refractivity contribution in [1.82, 2.24) is 4.90 Å². The van der Waals surface area contributed by atoms with Crippen molar-refractivity contribution in [3.8, 4) is 5.75 Å². The molecule has 0 radical (unpaired) electrons. The van der Waals surface area contributed by atoms with E-state index in [1.807, 2.05) is 20.8 Å². The first-order valence-corrected chi connectivity index (χ1v) is 8.90. The fraction of sp³-hybridized carbons (Fsp3) is 0.632. The van der Waals surface area contributed by atoms with E-state index in [1.165, 1.54) is 12.1 Å². The van der Waals surface area contributed by atoms with Gasteiger partial charge in [-0.25, -0.2) is 9.18 Å². The summed E-state index contributed by atoms with van der Waals surface area (Å²) in [6.07, 6.45) is 3.69. The summed E-state index contributed by atoms with van der Waals surface area (Å²) in [6, 6.07) is 4.50. The van der Waals surface area contributed by atoms with E-state index < -0.39 is 11.4 Å². The van der Waals surface area contributed by atoms with Gasteiger partial charge >= 0.3 is 6.09 Å². The molecule has 0 spiro atoms. The molecule has 0 aromatic heterocycles. The third-order valence-electron chi connectivity index (χ3n) is 4.26. The quantitative estimate of drug-likeness (QED) is 0.637. The molecule has 6 heteroatoms. The summed E-state index contributed by atoms with van der Waals surface area (Å²) in [5.41, 5.74) is 5.12. The standard InChI is InChI=1S/C19H29FN2O3/c1-19(2,3)25-18(23)22-10-8-14(9-11-22)5-4-12-24-15-6-7-17(21)16(20)13-15/h6-7,13-14H,4-5,8-12,21H2,1-3H3. The number of anilines is 1. The van der Waals surface area contributed by atoms with Crippen LogP contribution in [0.4, 0.5) is 14.9 Å². The van der Waals surface area contributed by atoms with Gasteiger partial charge in [-0.1, -0.05) is 0 Å². The van der Waals surface area contributed by atoms with E-state index in [2.05, 4.69) is 0 Å². The SMILES string of the molecule is CC(C)(C)OC(=O)N1CCC(CCCOc2ccc(N)c(F)c2)CC1. The molecule has 0 saturated carbocycles. The Hall–Kier alpha value is -1.98. The van der Waals surface area contributed by atoms with Crippen LogP contribution < -0.4 is 10.5 Å². The Bertz CT molecular complexity index is 579. The van der Waals surface area contributed by atoms with Crippen LogP contribution in [-0.2, 0) is 4.74 Å². The van der Waals surface area contributed by atoms with Crippen LogP contribution in [-0.4, -0.2) is 36.3 Å². The van der Waals surface area contributed by atoms with Gasteiger partial charge in [-0.05, 0) is 64.5 Å². The molecule has 5 nitrogen and oxygen atoms in total. The van der Waals surface area contributed by atoms with Crippen molar-refractivity contribution < 1.29 is 18.7 Å². The number of hydrogen-bond donors (Lipinski definition) is 1. The first kappa shape index (κ1) is 19.3. The largest absolute Gasteiger partial charge is 0.493 e. The third kappa shape index (κ3) is 6.44. The van der Waals surface area contributed by atoms with Crippen molar-refractivity contribution >= 4 is 11.8 Å². The molecule has 2 rings (SSSR count). The number of carbonyl (C=O) groups excluding carboxylic acids is 1. The van der Waals surface area contributed by atoms with Crippen molar-refractivity contribution in [3.63, 3.8) is 0 Å². The highest BCUT2D eigenvalue weighted by molar-refractivity contribution is 5.68. The maximum atomic E-state index is 13.3. The lowest BCUT2D eigenvalue weighted by atomic mass is 9.92. The zero-order chi connectivity index (χ0) is 18.4. The van der Waals surface area contributed by atoms with Gasteiger partial charge in [-0.2, -0.15) is 0 Å². The van der Waals surface area contributed by atoms with Gasteiger partial charge in [-0.3, -0.25) is 0 Å². The lowest BCUT2D eigenvalue weighted by molar-refractivity contribution is 0.0179. The number of nitrogens with two attached hydrogens (primary N) is 1. The molecular weight excluding hydrogens is 323 g/mol. The lowest BCUT2D eigenvalue weighted by Gasteiger charge is -2.33. The number of amides is 1. The van der Waals surface area contributed by atoms with E-state index in [4.69, 9.17) is 15.2 Å². The van der Waals surface area contributed by atoms with Crippen LogP contribution >= 0.6 is 0 Å². The monoisotopic (exact) mass is 352 g/mol. The molecule has 140 valence electrons. The van der Waals surface area contributed by atoms with Crippen LogP contribution in [0.25, 0.3) is 0 Å². The number of nitrogens with zero attached hydrogens (tertiary/aromatic N) is 1. The Morgan fingerprint density at radius 2 is 2.00 bits per heavy atom. The maximum absolute atomic E-state index is 13.3. The van der Waals surface area contributed by atoms with E-state index in [1.54, 1.807) is 11.0 Å². The number of carbonyl (C=O) groups is 1. The number of ether oxygens (including phenoxy) is 2. The molecule has 0 bridgehead atoms. The smallest absolute Gasteiger partial charge is 0.410 e. The Balaban J connectivity index is 1.64. The van der Waals surface area contributed by atoms with Crippen molar-refractivity contribution in [2.75, 3.05) is 25.4 Å². The molecule has 0 atom stereocenters. The fourth-order valence-corrected chi connectivity index (χ4v) is 2.89. The van der Waals surface area contributed by atoms with Crippen molar-refractivity contribution in [3.05, 3.63) is 24.0 Å². The van der Waals surface area contributed by atoms with E-state index >= 15 is 0 Å². The highest BCUT2D eigenvalue weighted by Crippen LogP contribution is 2.24. The molecule has 1 aliphatic rings. The Morgan fingerprint density at radius 1 is 1.32 bits per heavy atom. The molecule has 1 aromatic carbocycles. The molecule has 1 aromatic rings. The number of halogens is 1. The molecule has 2 N–H and O–H groups in total. The first-order chi connectivity index (χ1) is 11.7. The second-order valence-electron chi connectivity index (χ2n) is 7.58. The molecule has 1 heterocycles. The second kappa shape index (κ2) is 8.41.